The standard InChI is InChI=1S/C9H12N2O2/c1-2-6-9-7(10-12)4-3-5-8(9)13-11-6/h12H,2-5H2,1H3/b10-7+. The van der Waals surface area contributed by atoms with Crippen molar-refractivity contribution in [2.24, 2.45) is 5.16 Å². The minimum Gasteiger partial charge on any atom is -0.411 e. The van der Waals surface area contributed by atoms with Gasteiger partial charge in [-0.05, 0) is 19.3 Å². The van der Waals surface area contributed by atoms with Gasteiger partial charge in [-0.3, -0.25) is 0 Å². The molecule has 1 aliphatic carbocycles. The summed E-state index contributed by atoms with van der Waals surface area (Å²) in [4.78, 5) is 0. The molecular formula is C9H12N2O2. The third-order valence-electron chi connectivity index (χ3n) is 2.40. The van der Waals surface area contributed by atoms with Crippen LogP contribution in [-0.2, 0) is 12.8 Å². The molecule has 1 aromatic heterocycles. The molecule has 0 aliphatic heterocycles. The summed E-state index contributed by atoms with van der Waals surface area (Å²) in [5, 5.41) is 16.0. The van der Waals surface area contributed by atoms with E-state index in [0.29, 0.717) is 0 Å². The van der Waals surface area contributed by atoms with Gasteiger partial charge in [-0.2, -0.15) is 0 Å². The molecule has 1 aliphatic rings. The van der Waals surface area contributed by atoms with E-state index < -0.39 is 0 Å². The summed E-state index contributed by atoms with van der Waals surface area (Å²) in [5.41, 5.74) is 2.57. The van der Waals surface area contributed by atoms with Gasteiger partial charge in [0.25, 0.3) is 0 Å². The molecule has 70 valence electrons. The second-order valence-electron chi connectivity index (χ2n) is 3.18. The molecular weight excluding hydrogens is 168 g/mol. The zero-order valence-electron chi connectivity index (χ0n) is 7.58. The van der Waals surface area contributed by atoms with Crippen LogP contribution in [0.4, 0.5) is 0 Å². The first kappa shape index (κ1) is 8.29. The quantitative estimate of drug-likeness (QED) is 0.529. The molecule has 0 saturated heterocycles. The summed E-state index contributed by atoms with van der Waals surface area (Å²) in [5.74, 6) is 0.871. The number of hydrogen-bond donors (Lipinski definition) is 1. The lowest BCUT2D eigenvalue weighted by molar-refractivity contribution is 0.316. The van der Waals surface area contributed by atoms with Crippen LogP contribution in [0.25, 0.3) is 0 Å². The second-order valence-corrected chi connectivity index (χ2v) is 3.18. The smallest absolute Gasteiger partial charge is 0.146 e. The Morgan fingerprint density at radius 1 is 1.54 bits per heavy atom. The average molecular weight is 180 g/mol. The number of aryl methyl sites for hydroxylation is 2. The summed E-state index contributed by atoms with van der Waals surface area (Å²) >= 11 is 0. The molecule has 1 N–H and O–H groups in total. The van der Waals surface area contributed by atoms with Gasteiger partial charge in [-0.1, -0.05) is 17.2 Å². The Morgan fingerprint density at radius 3 is 3.08 bits per heavy atom. The number of fused-ring (bicyclic) bond motifs is 1. The van der Waals surface area contributed by atoms with Crippen molar-refractivity contribution < 1.29 is 9.73 Å². The van der Waals surface area contributed by atoms with Crippen molar-refractivity contribution >= 4 is 5.71 Å². The van der Waals surface area contributed by atoms with Crippen LogP contribution in [0, 0.1) is 0 Å². The van der Waals surface area contributed by atoms with Gasteiger partial charge in [-0.25, -0.2) is 0 Å². The van der Waals surface area contributed by atoms with Crippen LogP contribution in [0.3, 0.4) is 0 Å². The summed E-state index contributed by atoms with van der Waals surface area (Å²) in [6.07, 6.45) is 3.52. The zero-order chi connectivity index (χ0) is 9.26. The lowest BCUT2D eigenvalue weighted by Gasteiger charge is -2.10. The van der Waals surface area contributed by atoms with E-state index in [1.54, 1.807) is 0 Å². The summed E-state index contributed by atoms with van der Waals surface area (Å²) in [7, 11) is 0. The second kappa shape index (κ2) is 3.20. The third-order valence-corrected chi connectivity index (χ3v) is 2.40. The van der Waals surface area contributed by atoms with Crippen molar-refractivity contribution in [3.63, 3.8) is 0 Å². The molecule has 0 amide bonds. The van der Waals surface area contributed by atoms with E-state index in [4.69, 9.17) is 9.73 Å². The molecule has 1 heterocycles. The molecule has 0 spiro atoms. The van der Waals surface area contributed by atoms with Crippen molar-refractivity contribution in [3.8, 4) is 0 Å². The van der Waals surface area contributed by atoms with Crippen LogP contribution in [0.2, 0.25) is 0 Å². The molecule has 1 aromatic rings. The Hall–Kier alpha value is -1.32. The maximum absolute atomic E-state index is 8.79. The molecule has 0 saturated carbocycles. The highest BCUT2D eigenvalue weighted by atomic mass is 16.5. The molecule has 13 heavy (non-hydrogen) atoms. The van der Waals surface area contributed by atoms with Crippen molar-refractivity contribution in [1.29, 1.82) is 0 Å². The highest BCUT2D eigenvalue weighted by Crippen LogP contribution is 2.24. The van der Waals surface area contributed by atoms with Gasteiger partial charge in [0.05, 0.1) is 17.0 Å². The number of rotatable bonds is 1. The van der Waals surface area contributed by atoms with E-state index >= 15 is 0 Å². The number of oxime groups is 1. The summed E-state index contributed by atoms with van der Waals surface area (Å²) < 4.78 is 5.17. The van der Waals surface area contributed by atoms with Gasteiger partial charge < -0.3 is 9.73 Å². The Kier molecular flexibility index (Phi) is 2.04. The Balaban J connectivity index is 2.51. The lowest BCUT2D eigenvalue weighted by atomic mass is 9.94. The average Bonchev–Trinajstić information content (AvgIpc) is 2.60. The van der Waals surface area contributed by atoms with Gasteiger partial charge >= 0.3 is 0 Å². The fourth-order valence-corrected chi connectivity index (χ4v) is 1.74. The van der Waals surface area contributed by atoms with Crippen LogP contribution >= 0.6 is 0 Å². The number of nitrogens with zero attached hydrogens (tertiary/aromatic N) is 2. The number of hydrogen-bond acceptors (Lipinski definition) is 4. The Labute approximate surface area is 76.2 Å². The topological polar surface area (TPSA) is 58.6 Å². The fraction of sp³-hybridized carbons (Fsp3) is 0.556. The largest absolute Gasteiger partial charge is 0.411 e. The minimum absolute atomic E-state index is 0.722. The Bertz CT molecular complexity index is 328. The van der Waals surface area contributed by atoms with Gasteiger partial charge in [0.1, 0.15) is 5.76 Å². The minimum atomic E-state index is 0.722. The van der Waals surface area contributed by atoms with E-state index in [1.165, 1.54) is 0 Å². The van der Waals surface area contributed by atoms with E-state index in [2.05, 4.69) is 10.3 Å². The summed E-state index contributed by atoms with van der Waals surface area (Å²) in [6.45, 7) is 2.02. The third kappa shape index (κ3) is 1.22. The molecule has 0 atom stereocenters. The molecule has 4 nitrogen and oxygen atoms in total. The van der Waals surface area contributed by atoms with Crippen molar-refractivity contribution in [1.82, 2.24) is 5.16 Å². The van der Waals surface area contributed by atoms with Gasteiger partial charge in [0, 0.05) is 6.42 Å². The van der Waals surface area contributed by atoms with Gasteiger partial charge in [0.15, 0.2) is 0 Å². The predicted molar refractivity (Wildman–Crippen MR) is 47.1 cm³/mol. The maximum atomic E-state index is 8.79. The molecule has 0 bridgehead atoms. The van der Waals surface area contributed by atoms with Crippen LogP contribution < -0.4 is 0 Å². The molecule has 2 rings (SSSR count). The van der Waals surface area contributed by atoms with E-state index in [1.807, 2.05) is 6.92 Å². The monoisotopic (exact) mass is 180 g/mol. The molecule has 0 radical (unpaired) electrons. The van der Waals surface area contributed by atoms with E-state index in [9.17, 15) is 0 Å². The van der Waals surface area contributed by atoms with E-state index in [0.717, 1.165) is 48.4 Å². The molecule has 0 unspecified atom stereocenters. The first-order chi connectivity index (χ1) is 6.36. The summed E-state index contributed by atoms with van der Waals surface area (Å²) in [6, 6.07) is 0. The predicted octanol–water partition coefficient (Wildman–Crippen LogP) is 1.75. The molecule has 0 fully saturated rings. The SMILES string of the molecule is CCc1noc2c1/C(=N/O)CCC2. The normalized spacial score (nSPS) is 19.0. The molecule has 0 aromatic carbocycles. The maximum Gasteiger partial charge on any atom is 0.146 e. The van der Waals surface area contributed by atoms with Crippen molar-refractivity contribution in [2.75, 3.05) is 0 Å². The van der Waals surface area contributed by atoms with Crippen LogP contribution in [0.5, 0.6) is 0 Å². The van der Waals surface area contributed by atoms with Crippen LogP contribution in [0.15, 0.2) is 9.68 Å². The Morgan fingerprint density at radius 2 is 2.38 bits per heavy atom. The highest BCUT2D eigenvalue weighted by Gasteiger charge is 2.24. The highest BCUT2D eigenvalue weighted by molar-refractivity contribution is 6.02. The van der Waals surface area contributed by atoms with Crippen molar-refractivity contribution in [2.45, 2.75) is 32.6 Å². The molecule has 4 heteroatoms. The van der Waals surface area contributed by atoms with E-state index in [-0.39, 0.29) is 0 Å². The number of aromatic nitrogens is 1. The first-order valence-corrected chi connectivity index (χ1v) is 4.55. The van der Waals surface area contributed by atoms with Crippen LogP contribution in [-0.4, -0.2) is 16.1 Å². The van der Waals surface area contributed by atoms with Crippen LogP contribution in [0.1, 0.15) is 36.8 Å². The fourth-order valence-electron chi connectivity index (χ4n) is 1.74. The first-order valence-electron chi connectivity index (χ1n) is 4.55. The van der Waals surface area contributed by atoms with Gasteiger partial charge in [0.2, 0.25) is 0 Å². The lowest BCUT2D eigenvalue weighted by Crippen LogP contribution is -2.11. The zero-order valence-corrected chi connectivity index (χ0v) is 7.58. The van der Waals surface area contributed by atoms with Gasteiger partial charge in [-0.15, -0.1) is 0 Å². The van der Waals surface area contributed by atoms with Crippen molar-refractivity contribution in [3.05, 3.63) is 17.0 Å².